The summed E-state index contributed by atoms with van der Waals surface area (Å²) in [5.74, 6) is 0.152. The number of rotatable bonds is 14. The lowest BCUT2D eigenvalue weighted by Gasteiger charge is -2.34. The Labute approximate surface area is 383 Å². The summed E-state index contributed by atoms with van der Waals surface area (Å²) in [5.41, 5.74) is 3.02. The third kappa shape index (κ3) is 9.47. The minimum absolute atomic E-state index is 0.0913. The lowest BCUT2D eigenvalue weighted by atomic mass is 9.91. The minimum Gasteiger partial charge on any atom is -0.378 e. The zero-order valence-electron chi connectivity index (χ0n) is 38.0. The van der Waals surface area contributed by atoms with E-state index >= 15 is 0 Å². The molecule has 350 valence electrons. The van der Waals surface area contributed by atoms with E-state index in [2.05, 4.69) is 59.1 Å². The molecule has 1 unspecified atom stereocenters. The zero-order chi connectivity index (χ0) is 46.1. The van der Waals surface area contributed by atoms with Gasteiger partial charge in [-0.25, -0.2) is 14.4 Å². The molecule has 0 bridgehead atoms. The van der Waals surface area contributed by atoms with Gasteiger partial charge >= 0.3 is 0 Å². The fourth-order valence-corrected chi connectivity index (χ4v) is 10.3. The molecule has 5 aliphatic rings. The predicted octanol–water partition coefficient (Wildman–Crippen LogP) is 5.40. The van der Waals surface area contributed by atoms with Crippen molar-refractivity contribution >= 4 is 63.7 Å². The smallest absolute Gasteiger partial charge is 0.262 e. The molecule has 3 N–H and O–H groups in total. The quantitative estimate of drug-likeness (QED) is 0.108. The molecule has 4 aromatic rings. The van der Waals surface area contributed by atoms with Crippen molar-refractivity contribution in [2.75, 3.05) is 68.0 Å². The number of amides is 5. The molecule has 8 heterocycles. The van der Waals surface area contributed by atoms with Crippen molar-refractivity contribution in [1.82, 2.24) is 40.0 Å². The van der Waals surface area contributed by atoms with Crippen LogP contribution in [0.15, 0.2) is 48.9 Å². The number of hydrogen-bond acceptors (Lipinski definition) is 13. The monoisotopic (exact) mass is 905 g/mol. The highest BCUT2D eigenvalue weighted by atomic mass is 19.1. The molecule has 5 amide bonds. The number of methoxy groups -OCH3 is 1. The van der Waals surface area contributed by atoms with Gasteiger partial charge < -0.3 is 34.6 Å². The number of halogens is 1. The Hall–Kier alpha value is -6.01. The number of imide groups is 2. The number of carbonyl (C=O) groups excluding carboxylic acids is 5. The lowest BCUT2D eigenvalue weighted by Crippen LogP contribution is -2.54. The van der Waals surface area contributed by atoms with E-state index < -0.39 is 41.9 Å². The van der Waals surface area contributed by atoms with Crippen molar-refractivity contribution in [2.24, 2.45) is 5.92 Å². The minimum atomic E-state index is -1.12. The van der Waals surface area contributed by atoms with Crippen molar-refractivity contribution < 1.29 is 33.1 Å². The Morgan fingerprint density at radius 2 is 1.67 bits per heavy atom. The SMILES string of the molecule is CO[C@@H]1CCN(c2nccc(Nc3cc4c(cn3)c(C(=O)NC3CCN(CCCCC5CCN(c6ccc7c(c6)C(=O)N(C6CCC(=O)NC6=O)C7=O)CC5)CC3)cn4C(C)C)n2)C[C@@H]1F. The summed E-state index contributed by atoms with van der Waals surface area (Å²) in [7, 11) is 1.54. The van der Waals surface area contributed by atoms with Gasteiger partial charge in [0.05, 0.1) is 34.9 Å². The van der Waals surface area contributed by atoms with E-state index in [1.54, 1.807) is 30.6 Å². The fourth-order valence-electron chi connectivity index (χ4n) is 10.3. The summed E-state index contributed by atoms with van der Waals surface area (Å²) >= 11 is 0. The molecule has 0 radical (unpaired) electrons. The molecule has 5 aliphatic heterocycles. The van der Waals surface area contributed by atoms with Crippen LogP contribution >= 0.6 is 0 Å². The van der Waals surface area contributed by atoms with Crippen molar-refractivity contribution in [1.29, 1.82) is 0 Å². The van der Waals surface area contributed by atoms with Crippen LogP contribution in [0.4, 0.5) is 27.7 Å². The van der Waals surface area contributed by atoms with Gasteiger partial charge in [0, 0.05) is 94.1 Å². The van der Waals surface area contributed by atoms with Gasteiger partial charge in [-0.1, -0.05) is 12.8 Å². The van der Waals surface area contributed by atoms with Crippen LogP contribution in [0.2, 0.25) is 0 Å². The highest BCUT2D eigenvalue weighted by Gasteiger charge is 2.45. The van der Waals surface area contributed by atoms with Crippen LogP contribution in [0.3, 0.4) is 0 Å². The average Bonchev–Trinajstić information content (AvgIpc) is 3.82. The van der Waals surface area contributed by atoms with E-state index in [4.69, 9.17) is 4.74 Å². The molecule has 18 heteroatoms. The Morgan fingerprint density at radius 1 is 0.894 bits per heavy atom. The van der Waals surface area contributed by atoms with Crippen molar-refractivity contribution in [3.63, 3.8) is 0 Å². The number of nitrogens with zero attached hydrogens (tertiary/aromatic N) is 8. The molecule has 9 rings (SSSR count). The Balaban J connectivity index is 0.707. The highest BCUT2D eigenvalue weighted by molar-refractivity contribution is 6.23. The summed E-state index contributed by atoms with van der Waals surface area (Å²) in [4.78, 5) is 85.7. The number of carbonyl (C=O) groups is 5. The van der Waals surface area contributed by atoms with Gasteiger partial charge in [-0.2, -0.15) is 4.98 Å². The van der Waals surface area contributed by atoms with E-state index in [0.717, 1.165) is 92.7 Å². The molecule has 3 aromatic heterocycles. The van der Waals surface area contributed by atoms with Gasteiger partial charge in [0.1, 0.15) is 23.8 Å². The number of anilines is 4. The molecule has 1 aromatic carbocycles. The molecule has 4 saturated heterocycles. The number of pyridine rings is 1. The molecule has 3 atom stereocenters. The largest absolute Gasteiger partial charge is 0.378 e. The van der Waals surface area contributed by atoms with Gasteiger partial charge in [-0.15, -0.1) is 0 Å². The number of ether oxygens (including phenoxy) is 1. The van der Waals surface area contributed by atoms with Crippen molar-refractivity contribution in [2.45, 2.75) is 108 Å². The number of unbranched alkanes of at least 4 members (excludes halogenated alkanes) is 1. The number of hydrogen-bond donors (Lipinski definition) is 3. The first kappa shape index (κ1) is 45.2. The Bertz CT molecular complexity index is 2480. The van der Waals surface area contributed by atoms with Crippen LogP contribution in [0.5, 0.6) is 0 Å². The van der Waals surface area contributed by atoms with Crippen molar-refractivity contribution in [3.8, 4) is 0 Å². The van der Waals surface area contributed by atoms with Crippen molar-refractivity contribution in [3.05, 3.63) is 65.6 Å². The number of benzene rings is 1. The summed E-state index contributed by atoms with van der Waals surface area (Å²) in [6, 6.07) is 8.28. The van der Waals surface area contributed by atoms with Gasteiger partial charge in [-0.3, -0.25) is 34.2 Å². The standard InChI is InChI=1S/C48H60FN11O6/c1-29(2)59-27-36(35-26-51-42(25-39(35)59)53-41-11-17-50-48(54-41)58-23-16-40(66-3)37(49)28-58)44(62)52-31-14-19-56(20-15-31)18-5-4-6-30-12-21-57(22-13-30)32-7-8-33-34(24-32)47(65)60(46(33)64)38-9-10-43(61)55-45(38)63/h7-8,11,17,24-27,29-31,37-38,40H,4-6,9-10,12-16,18-23,28H2,1-3H3,(H,52,62)(H,55,61,63)(H,50,51,53,54)/t37-,38?,40+/m0/s1. The van der Waals surface area contributed by atoms with Gasteiger partial charge in [0.2, 0.25) is 17.8 Å². The number of nitrogens with one attached hydrogen (secondary N) is 3. The first-order valence-corrected chi connectivity index (χ1v) is 23.6. The first-order chi connectivity index (χ1) is 31.9. The zero-order valence-corrected chi connectivity index (χ0v) is 38.0. The number of likely N-dealkylation sites (tertiary alicyclic amines) is 1. The topological polar surface area (TPSA) is 187 Å². The fraction of sp³-hybridized carbons (Fsp3) is 0.542. The molecule has 17 nitrogen and oxygen atoms in total. The summed E-state index contributed by atoms with van der Waals surface area (Å²) in [6.45, 7) is 9.62. The first-order valence-electron chi connectivity index (χ1n) is 23.6. The van der Waals surface area contributed by atoms with Crippen LogP contribution in [-0.4, -0.2) is 136 Å². The maximum absolute atomic E-state index is 14.6. The van der Waals surface area contributed by atoms with Gasteiger partial charge in [0.15, 0.2) is 0 Å². The van der Waals surface area contributed by atoms with Crippen LogP contribution in [0, 0.1) is 5.92 Å². The average molecular weight is 906 g/mol. The molecular formula is C48H60FN11O6. The van der Waals surface area contributed by atoms with E-state index in [9.17, 15) is 28.4 Å². The van der Waals surface area contributed by atoms with E-state index in [1.165, 1.54) is 13.5 Å². The Kier molecular flexibility index (Phi) is 13.3. The van der Waals surface area contributed by atoms with Gasteiger partial charge in [-0.05, 0) is 95.5 Å². The lowest BCUT2D eigenvalue weighted by molar-refractivity contribution is -0.136. The van der Waals surface area contributed by atoms with Crippen LogP contribution in [0.1, 0.15) is 115 Å². The summed E-state index contributed by atoms with van der Waals surface area (Å²) < 4.78 is 22.0. The second kappa shape index (κ2) is 19.5. The Morgan fingerprint density at radius 3 is 2.41 bits per heavy atom. The number of piperidine rings is 4. The number of alkyl halides is 1. The maximum Gasteiger partial charge on any atom is 0.262 e. The summed E-state index contributed by atoms with van der Waals surface area (Å²) in [6.07, 6.45) is 11.9. The third-order valence-corrected chi connectivity index (χ3v) is 14.1. The summed E-state index contributed by atoms with van der Waals surface area (Å²) in [5, 5.41) is 9.63. The van der Waals surface area contributed by atoms with E-state index in [1.807, 2.05) is 23.2 Å². The van der Waals surface area contributed by atoms with Crippen LogP contribution in [0.25, 0.3) is 10.9 Å². The second-order valence-electron chi connectivity index (χ2n) is 18.7. The predicted molar refractivity (Wildman–Crippen MR) is 247 cm³/mol. The van der Waals surface area contributed by atoms with Gasteiger partial charge in [0.25, 0.3) is 17.7 Å². The normalized spacial score (nSPS) is 22.4. The molecule has 0 spiro atoms. The van der Waals surface area contributed by atoms with E-state index in [-0.39, 0.29) is 37.4 Å². The maximum atomic E-state index is 14.6. The molecule has 66 heavy (non-hydrogen) atoms. The number of fused-ring (bicyclic) bond motifs is 2. The van der Waals surface area contributed by atoms with E-state index in [0.29, 0.717) is 53.2 Å². The second-order valence-corrected chi connectivity index (χ2v) is 18.7. The third-order valence-electron chi connectivity index (χ3n) is 14.1. The van der Waals surface area contributed by atoms with Crippen LogP contribution < -0.4 is 25.8 Å². The van der Waals surface area contributed by atoms with Crippen LogP contribution in [-0.2, 0) is 14.3 Å². The molecule has 0 saturated carbocycles. The molecular weight excluding hydrogens is 846 g/mol. The highest BCUT2D eigenvalue weighted by Crippen LogP contribution is 2.34. The molecule has 4 fully saturated rings. The molecule has 0 aliphatic carbocycles. The number of aromatic nitrogens is 4.